The lowest BCUT2D eigenvalue weighted by molar-refractivity contribution is -0.160. The second-order valence-corrected chi connectivity index (χ2v) is 13.4. The molecule has 1 aromatic rings. The topological polar surface area (TPSA) is 195 Å². The fourth-order valence-electron chi connectivity index (χ4n) is 6.62. The highest BCUT2D eigenvalue weighted by molar-refractivity contribution is 6.53. The van der Waals surface area contributed by atoms with E-state index in [0.717, 1.165) is 0 Å². The van der Waals surface area contributed by atoms with Gasteiger partial charge in [0.1, 0.15) is 17.6 Å². The van der Waals surface area contributed by atoms with Crippen molar-refractivity contribution in [3.63, 3.8) is 0 Å². The van der Waals surface area contributed by atoms with Gasteiger partial charge in [0.2, 0.25) is 5.78 Å². The van der Waals surface area contributed by atoms with Gasteiger partial charge in [0, 0.05) is 55.8 Å². The van der Waals surface area contributed by atoms with Gasteiger partial charge in [-0.3, -0.25) is 24.0 Å². The van der Waals surface area contributed by atoms with Gasteiger partial charge in [0.05, 0.1) is 35.7 Å². The molecule has 0 saturated carbocycles. The van der Waals surface area contributed by atoms with Gasteiger partial charge in [-0.15, -0.1) is 0 Å². The number of esters is 1. The molecule has 0 saturated heterocycles. The Bertz CT molecular complexity index is 1720. The maximum atomic E-state index is 13.9. The molecule has 1 aliphatic carbocycles. The Morgan fingerprint density at radius 2 is 1.60 bits per heavy atom. The molecule has 270 valence electrons. The van der Waals surface area contributed by atoms with E-state index in [9.17, 15) is 39.3 Å². The van der Waals surface area contributed by atoms with Crippen LogP contribution in [0.25, 0.3) is 5.76 Å². The van der Waals surface area contributed by atoms with Gasteiger partial charge in [0.15, 0.2) is 5.76 Å². The van der Waals surface area contributed by atoms with Crippen LogP contribution in [0.5, 0.6) is 5.75 Å². The van der Waals surface area contributed by atoms with E-state index in [2.05, 4.69) is 5.32 Å². The van der Waals surface area contributed by atoms with E-state index in [1.165, 1.54) is 58.4 Å². The molecule has 3 heterocycles. The smallest absolute Gasteiger partial charge is 0.312 e. The summed E-state index contributed by atoms with van der Waals surface area (Å²) in [6.07, 6.45) is 3.38. The first kappa shape index (κ1) is 38.2. The summed E-state index contributed by atoms with van der Waals surface area (Å²) in [5.74, 6) is -9.68. The molecule has 0 spiro atoms. The lowest BCUT2D eigenvalue weighted by Gasteiger charge is -2.38. The van der Waals surface area contributed by atoms with Crippen LogP contribution in [0.15, 0.2) is 47.9 Å². The van der Waals surface area contributed by atoms with Crippen molar-refractivity contribution in [2.75, 3.05) is 7.11 Å². The molecule has 5 bridgehead atoms. The number of methoxy groups -OCH3 is 1. The standard InChI is InChI=1S/C37H45NO12/c1-16-11-10-12-17(2)36(46)38-27-30(42)23-15-18(3)33-26(25(23)31(43)32(27)44)35(45)37(8,50-33)48-14-13-24(47-9)19(4)34(49-22(7)39)21(6)29(41)20(5)28(16)40/h10-16,19-21,24,28-29,34,40-42H,1-9H3,(H,38,46)/t16-,19+,20+,21+,24-,28-,29+,34+,37+/m0/s1. The Morgan fingerprint density at radius 1 is 0.940 bits per heavy atom. The zero-order valence-corrected chi connectivity index (χ0v) is 29.6. The number of allylic oxidation sites excluding steroid dienone is 3. The van der Waals surface area contributed by atoms with Crippen LogP contribution < -0.4 is 10.1 Å². The average molecular weight is 696 g/mol. The molecule has 4 N–H and O–H groups in total. The van der Waals surface area contributed by atoms with Gasteiger partial charge in [-0.2, -0.15) is 0 Å². The minimum atomic E-state index is -2.00. The van der Waals surface area contributed by atoms with Crippen LogP contribution >= 0.6 is 0 Å². The molecule has 13 nitrogen and oxygen atoms in total. The van der Waals surface area contributed by atoms with Crippen LogP contribution in [0.3, 0.4) is 0 Å². The molecule has 1 amide bonds. The summed E-state index contributed by atoms with van der Waals surface area (Å²) >= 11 is 0. The molecule has 0 unspecified atom stereocenters. The van der Waals surface area contributed by atoms with E-state index in [1.807, 2.05) is 0 Å². The Morgan fingerprint density at radius 3 is 2.22 bits per heavy atom. The summed E-state index contributed by atoms with van der Waals surface area (Å²) in [7, 11) is 1.42. The highest BCUT2D eigenvalue weighted by Crippen LogP contribution is 2.45. The fraction of sp³-hybridized carbons (Fsp3) is 0.486. The number of nitrogens with one attached hydrogen (secondary N) is 1. The number of aliphatic hydroxyl groups excluding tert-OH is 3. The van der Waals surface area contributed by atoms with Gasteiger partial charge in [0.25, 0.3) is 17.5 Å². The van der Waals surface area contributed by atoms with Crippen molar-refractivity contribution in [3.05, 3.63) is 70.2 Å². The number of Topliss-reactive ketones (excluding diaryl/α,β-unsaturated/α-hetero) is 3. The van der Waals surface area contributed by atoms with Crippen molar-refractivity contribution >= 4 is 35.0 Å². The first-order valence-electron chi connectivity index (χ1n) is 16.4. The van der Waals surface area contributed by atoms with Crippen LogP contribution in [0.1, 0.15) is 80.3 Å². The van der Waals surface area contributed by atoms with Crippen LogP contribution in [-0.4, -0.2) is 81.9 Å². The molecule has 4 aliphatic rings. The van der Waals surface area contributed by atoms with Gasteiger partial charge in [-0.25, -0.2) is 0 Å². The number of benzene rings is 1. The van der Waals surface area contributed by atoms with Crippen molar-refractivity contribution in [2.24, 2.45) is 23.7 Å². The molecule has 13 heteroatoms. The number of amides is 1. The number of ketones is 3. The third-order valence-corrected chi connectivity index (χ3v) is 9.76. The highest BCUT2D eigenvalue weighted by Gasteiger charge is 2.51. The number of hydrogen-bond acceptors (Lipinski definition) is 12. The van der Waals surface area contributed by atoms with Crippen LogP contribution in [0, 0.1) is 30.6 Å². The second-order valence-electron chi connectivity index (χ2n) is 13.4. The van der Waals surface area contributed by atoms with Crippen LogP contribution in [0.2, 0.25) is 0 Å². The van der Waals surface area contributed by atoms with E-state index in [1.54, 1.807) is 40.7 Å². The molecular weight excluding hydrogens is 650 g/mol. The zero-order chi connectivity index (χ0) is 37.4. The van der Waals surface area contributed by atoms with Crippen LogP contribution in [-0.2, 0) is 28.6 Å². The molecule has 3 aliphatic heterocycles. The van der Waals surface area contributed by atoms with E-state index >= 15 is 0 Å². The monoisotopic (exact) mass is 695 g/mol. The molecule has 0 aromatic heterocycles. The molecule has 1 aromatic carbocycles. The fourth-order valence-corrected chi connectivity index (χ4v) is 6.62. The van der Waals surface area contributed by atoms with E-state index in [0.29, 0.717) is 5.56 Å². The first-order chi connectivity index (χ1) is 23.4. The first-order valence-corrected chi connectivity index (χ1v) is 16.4. The SMILES string of the molecule is CO[C@H]1C=CO[C@]2(C)Oc3c(C)cc4c(c3C2=O)C(=O)C(=O)C(=C4O)NC(=O)C(C)=CC=C[C@H](C)[C@H](O)[C@@H](C)[C@@H](O)[C@@H](C)[C@H](OC(C)=O)[C@@H]1C. The molecule has 9 atom stereocenters. The number of rotatable bonds is 2. The minimum absolute atomic E-state index is 0.0119. The largest absolute Gasteiger partial charge is 0.505 e. The zero-order valence-electron chi connectivity index (χ0n) is 29.6. The van der Waals surface area contributed by atoms with E-state index in [4.69, 9.17) is 18.9 Å². The van der Waals surface area contributed by atoms with Gasteiger partial charge < -0.3 is 39.6 Å². The number of hydrogen-bond donors (Lipinski definition) is 4. The van der Waals surface area contributed by atoms with Gasteiger partial charge in [-0.1, -0.05) is 45.9 Å². The van der Waals surface area contributed by atoms with Gasteiger partial charge >= 0.3 is 11.8 Å². The van der Waals surface area contributed by atoms with Gasteiger partial charge in [-0.05, 0) is 31.6 Å². The Labute approximate surface area is 290 Å². The van der Waals surface area contributed by atoms with Crippen molar-refractivity contribution in [2.45, 2.75) is 85.6 Å². The number of fused-ring (bicyclic) bond motifs is 14. The summed E-state index contributed by atoms with van der Waals surface area (Å²) in [4.78, 5) is 65.9. The second kappa shape index (κ2) is 14.7. The Kier molecular flexibility index (Phi) is 11.2. The predicted octanol–water partition coefficient (Wildman–Crippen LogP) is 3.65. The number of ether oxygens (including phenoxy) is 4. The summed E-state index contributed by atoms with van der Waals surface area (Å²) < 4.78 is 23.1. The lowest BCUT2D eigenvalue weighted by atomic mass is 9.78. The average Bonchev–Trinajstić information content (AvgIpc) is 3.34. The molecule has 50 heavy (non-hydrogen) atoms. The summed E-state index contributed by atoms with van der Waals surface area (Å²) in [5, 5.41) is 36.0. The minimum Gasteiger partial charge on any atom is -0.505 e. The number of carbonyl (C=O) groups excluding carboxylic acids is 5. The third-order valence-electron chi connectivity index (χ3n) is 9.76. The van der Waals surface area contributed by atoms with E-state index < -0.39 is 94.6 Å². The summed E-state index contributed by atoms with van der Waals surface area (Å²) in [6.45, 7) is 12.5. The Balaban J connectivity index is 1.85. The number of aliphatic hydroxyl groups is 3. The molecule has 0 radical (unpaired) electrons. The maximum Gasteiger partial charge on any atom is 0.312 e. The van der Waals surface area contributed by atoms with Crippen molar-refractivity contribution in [1.82, 2.24) is 5.32 Å². The number of carbonyl (C=O) groups is 5. The third kappa shape index (κ3) is 7.03. The van der Waals surface area contributed by atoms with Crippen LogP contribution in [0.4, 0.5) is 0 Å². The van der Waals surface area contributed by atoms with Crippen molar-refractivity contribution < 1.29 is 58.2 Å². The normalized spacial score (nSPS) is 32.3. The predicted molar refractivity (Wildman–Crippen MR) is 180 cm³/mol. The van der Waals surface area contributed by atoms with Crippen molar-refractivity contribution in [3.8, 4) is 5.75 Å². The molecule has 0 fully saturated rings. The van der Waals surface area contributed by atoms with Crippen molar-refractivity contribution in [1.29, 1.82) is 0 Å². The summed E-state index contributed by atoms with van der Waals surface area (Å²) in [6, 6.07) is 1.38. The lowest BCUT2D eigenvalue weighted by Crippen LogP contribution is -2.46. The maximum absolute atomic E-state index is 13.9. The molecular formula is C37H45NO12. The molecule has 5 rings (SSSR count). The highest BCUT2D eigenvalue weighted by atomic mass is 16.7. The number of aryl methyl sites for hydroxylation is 1. The van der Waals surface area contributed by atoms with E-state index in [-0.39, 0.29) is 28.0 Å². The summed E-state index contributed by atoms with van der Waals surface area (Å²) in [5.41, 5.74) is -0.947. The Hall–Kier alpha value is -4.59. The quantitative estimate of drug-likeness (QED) is 0.260.